The fraction of sp³-hybridized carbons (Fsp3) is 1.00. The van der Waals surface area contributed by atoms with Gasteiger partial charge in [-0.05, 0) is 26.2 Å². The quantitative estimate of drug-likeness (QED) is 0.658. The molecule has 0 amide bonds. The number of rotatable bonds is 2. The highest BCUT2D eigenvalue weighted by molar-refractivity contribution is 7.88. The van der Waals surface area contributed by atoms with E-state index in [9.17, 15) is 8.42 Å². The molecule has 4 heteroatoms. The van der Waals surface area contributed by atoms with Crippen molar-refractivity contribution >= 4 is 10.0 Å². The molecule has 72 valence electrons. The molecule has 0 aromatic heterocycles. The molecule has 1 rings (SSSR count). The van der Waals surface area contributed by atoms with E-state index in [1.165, 1.54) is 6.26 Å². The van der Waals surface area contributed by atoms with Crippen molar-refractivity contribution in [2.75, 3.05) is 6.26 Å². The molecule has 3 nitrogen and oxygen atoms in total. The van der Waals surface area contributed by atoms with Crippen LogP contribution >= 0.6 is 0 Å². The zero-order valence-electron chi connectivity index (χ0n) is 7.95. The van der Waals surface area contributed by atoms with Crippen LogP contribution in [0.25, 0.3) is 0 Å². The standard InChI is InChI=1S/C8H17NO2S/c1-4-8-6-5-7(2)9(8)12(3,10)11/h7-8H,4-6H2,1-3H3. The van der Waals surface area contributed by atoms with Crippen LogP contribution in [0.1, 0.15) is 33.1 Å². The maximum atomic E-state index is 11.3. The lowest BCUT2D eigenvalue weighted by atomic mass is 10.2. The van der Waals surface area contributed by atoms with Crippen LogP contribution in [-0.4, -0.2) is 31.1 Å². The molecule has 1 aliphatic rings. The molecule has 1 heterocycles. The Hall–Kier alpha value is -0.0900. The lowest BCUT2D eigenvalue weighted by Gasteiger charge is -2.24. The summed E-state index contributed by atoms with van der Waals surface area (Å²) in [5, 5.41) is 0. The Labute approximate surface area is 74.8 Å². The van der Waals surface area contributed by atoms with Crippen molar-refractivity contribution in [1.82, 2.24) is 4.31 Å². The van der Waals surface area contributed by atoms with E-state index in [2.05, 4.69) is 0 Å². The lowest BCUT2D eigenvalue weighted by molar-refractivity contribution is 0.331. The first-order valence-corrected chi connectivity index (χ1v) is 6.30. The van der Waals surface area contributed by atoms with Crippen molar-refractivity contribution < 1.29 is 8.42 Å². The molecule has 0 aliphatic carbocycles. The minimum absolute atomic E-state index is 0.199. The average molecular weight is 191 g/mol. The Morgan fingerprint density at radius 3 is 2.33 bits per heavy atom. The predicted octanol–water partition coefficient (Wildman–Crippen LogP) is 1.21. The molecule has 0 bridgehead atoms. The van der Waals surface area contributed by atoms with Gasteiger partial charge in [-0.25, -0.2) is 8.42 Å². The van der Waals surface area contributed by atoms with Crippen LogP contribution in [-0.2, 0) is 10.0 Å². The first-order chi connectivity index (χ1) is 5.46. The SMILES string of the molecule is CCC1CCC(C)N1S(C)(=O)=O. The molecule has 12 heavy (non-hydrogen) atoms. The number of nitrogens with zero attached hydrogens (tertiary/aromatic N) is 1. The molecule has 2 atom stereocenters. The van der Waals surface area contributed by atoms with Crippen LogP contribution in [0, 0.1) is 0 Å². The van der Waals surface area contributed by atoms with Gasteiger partial charge in [-0.15, -0.1) is 0 Å². The van der Waals surface area contributed by atoms with E-state index in [1.807, 2.05) is 13.8 Å². The lowest BCUT2D eigenvalue weighted by Crippen LogP contribution is -2.38. The molecule has 0 saturated carbocycles. The Balaban J connectivity index is 2.85. The van der Waals surface area contributed by atoms with E-state index in [0.717, 1.165) is 19.3 Å². The molecule has 0 spiro atoms. The minimum atomic E-state index is -2.98. The number of hydrogen-bond acceptors (Lipinski definition) is 2. The fourth-order valence-electron chi connectivity index (χ4n) is 2.03. The van der Waals surface area contributed by atoms with Gasteiger partial charge in [-0.2, -0.15) is 4.31 Å². The third-order valence-electron chi connectivity index (χ3n) is 2.57. The van der Waals surface area contributed by atoms with E-state index in [1.54, 1.807) is 4.31 Å². The summed E-state index contributed by atoms with van der Waals surface area (Å²) in [7, 11) is -2.98. The third kappa shape index (κ3) is 1.80. The van der Waals surface area contributed by atoms with Gasteiger partial charge < -0.3 is 0 Å². The van der Waals surface area contributed by atoms with Crippen LogP contribution in [0.15, 0.2) is 0 Å². The molecule has 1 aliphatic heterocycles. The van der Waals surface area contributed by atoms with Crippen LogP contribution in [0.3, 0.4) is 0 Å². The van der Waals surface area contributed by atoms with E-state index in [0.29, 0.717) is 0 Å². The van der Waals surface area contributed by atoms with E-state index >= 15 is 0 Å². The summed E-state index contributed by atoms with van der Waals surface area (Å²) in [6.45, 7) is 4.03. The van der Waals surface area contributed by atoms with Gasteiger partial charge in [0, 0.05) is 12.1 Å². The average Bonchev–Trinajstić information content (AvgIpc) is 2.29. The van der Waals surface area contributed by atoms with Crippen LogP contribution in [0.4, 0.5) is 0 Å². The van der Waals surface area contributed by atoms with Gasteiger partial charge in [-0.1, -0.05) is 6.92 Å². The predicted molar refractivity (Wildman–Crippen MR) is 49.5 cm³/mol. The molecule has 0 radical (unpaired) electrons. The van der Waals surface area contributed by atoms with Crippen LogP contribution in [0.2, 0.25) is 0 Å². The Kier molecular flexibility index (Phi) is 2.78. The molecule has 1 fully saturated rings. The largest absolute Gasteiger partial charge is 0.212 e. The van der Waals surface area contributed by atoms with Crippen molar-refractivity contribution in [3.05, 3.63) is 0 Å². The van der Waals surface area contributed by atoms with Gasteiger partial charge in [0.1, 0.15) is 0 Å². The summed E-state index contributed by atoms with van der Waals surface area (Å²) in [5.74, 6) is 0. The van der Waals surface area contributed by atoms with Crippen LogP contribution in [0.5, 0.6) is 0 Å². The fourth-order valence-corrected chi connectivity index (χ4v) is 3.58. The highest BCUT2D eigenvalue weighted by atomic mass is 32.2. The van der Waals surface area contributed by atoms with Crippen molar-refractivity contribution in [3.63, 3.8) is 0 Å². The topological polar surface area (TPSA) is 37.4 Å². The van der Waals surface area contributed by atoms with Crippen LogP contribution < -0.4 is 0 Å². The second-order valence-corrected chi connectivity index (χ2v) is 5.47. The molecule has 2 unspecified atom stereocenters. The Morgan fingerprint density at radius 1 is 1.42 bits per heavy atom. The zero-order chi connectivity index (χ0) is 9.35. The zero-order valence-corrected chi connectivity index (χ0v) is 8.76. The summed E-state index contributed by atoms with van der Waals surface area (Å²) in [6.07, 6.45) is 4.26. The first-order valence-electron chi connectivity index (χ1n) is 4.45. The summed E-state index contributed by atoms with van der Waals surface area (Å²) in [6, 6.07) is 0.444. The molecule has 1 saturated heterocycles. The van der Waals surface area contributed by atoms with Gasteiger partial charge in [-0.3, -0.25) is 0 Å². The second-order valence-electron chi connectivity index (χ2n) is 3.58. The third-order valence-corrected chi connectivity index (χ3v) is 3.99. The first kappa shape index (κ1) is 9.99. The monoisotopic (exact) mass is 191 g/mol. The highest BCUT2D eigenvalue weighted by Gasteiger charge is 2.35. The van der Waals surface area contributed by atoms with Gasteiger partial charge in [0.2, 0.25) is 10.0 Å². The van der Waals surface area contributed by atoms with Crippen molar-refractivity contribution in [2.24, 2.45) is 0 Å². The molecular weight excluding hydrogens is 174 g/mol. The van der Waals surface area contributed by atoms with Gasteiger partial charge in [0.15, 0.2) is 0 Å². The number of hydrogen-bond donors (Lipinski definition) is 0. The van der Waals surface area contributed by atoms with Gasteiger partial charge in [0.05, 0.1) is 6.26 Å². The van der Waals surface area contributed by atoms with Crippen molar-refractivity contribution in [3.8, 4) is 0 Å². The number of sulfonamides is 1. The summed E-state index contributed by atoms with van der Waals surface area (Å²) >= 11 is 0. The Morgan fingerprint density at radius 2 is 2.00 bits per heavy atom. The summed E-state index contributed by atoms with van der Waals surface area (Å²) in [5.41, 5.74) is 0. The molecule has 0 aromatic rings. The summed E-state index contributed by atoms with van der Waals surface area (Å²) in [4.78, 5) is 0. The highest BCUT2D eigenvalue weighted by Crippen LogP contribution is 2.28. The molecule has 0 N–H and O–H groups in total. The molecule has 0 aromatic carbocycles. The Bertz CT molecular complexity index is 248. The van der Waals surface area contributed by atoms with Gasteiger partial charge >= 0.3 is 0 Å². The van der Waals surface area contributed by atoms with E-state index in [-0.39, 0.29) is 12.1 Å². The maximum absolute atomic E-state index is 11.3. The van der Waals surface area contributed by atoms with Crippen molar-refractivity contribution in [2.45, 2.75) is 45.2 Å². The van der Waals surface area contributed by atoms with E-state index < -0.39 is 10.0 Å². The normalized spacial score (nSPS) is 32.6. The molecular formula is C8H17NO2S. The maximum Gasteiger partial charge on any atom is 0.211 e. The smallest absolute Gasteiger partial charge is 0.211 e. The second kappa shape index (κ2) is 3.34. The summed E-state index contributed by atoms with van der Waals surface area (Å²) < 4.78 is 24.3. The van der Waals surface area contributed by atoms with E-state index in [4.69, 9.17) is 0 Å². The van der Waals surface area contributed by atoms with Gasteiger partial charge in [0.25, 0.3) is 0 Å². The van der Waals surface area contributed by atoms with Crippen molar-refractivity contribution in [1.29, 1.82) is 0 Å². The minimum Gasteiger partial charge on any atom is -0.212 e.